The van der Waals surface area contributed by atoms with Crippen LogP contribution in [-0.2, 0) is 11.2 Å². The minimum absolute atomic E-state index is 0.0337. The molecule has 1 fully saturated rings. The molecule has 0 bridgehead atoms. The van der Waals surface area contributed by atoms with Crippen LogP contribution in [-0.4, -0.2) is 46.3 Å². The molecule has 0 spiro atoms. The molecule has 1 atom stereocenters. The van der Waals surface area contributed by atoms with Crippen LogP contribution in [0.1, 0.15) is 55.7 Å². The summed E-state index contributed by atoms with van der Waals surface area (Å²) in [5.74, 6) is -1.02. The number of aryl methyl sites for hydroxylation is 1. The molecule has 1 aromatic carbocycles. The molecule has 3 N–H and O–H groups in total. The number of urea groups is 1. The number of carbonyl (C=O) groups excluding carboxylic acids is 1. The Labute approximate surface area is 154 Å². The molecule has 6 heteroatoms. The Morgan fingerprint density at radius 1 is 1.12 bits per heavy atom. The number of benzene rings is 1. The Bertz CT molecular complexity index is 640. The Kier molecular flexibility index (Phi) is 6.14. The van der Waals surface area contributed by atoms with Crippen molar-refractivity contribution in [3.05, 3.63) is 35.4 Å². The van der Waals surface area contributed by atoms with Crippen LogP contribution in [0.25, 0.3) is 0 Å². The van der Waals surface area contributed by atoms with E-state index in [4.69, 9.17) is 5.11 Å². The highest BCUT2D eigenvalue weighted by molar-refractivity contribution is 5.75. The van der Waals surface area contributed by atoms with Gasteiger partial charge in [-0.1, -0.05) is 24.3 Å². The maximum absolute atomic E-state index is 12.9. The lowest BCUT2D eigenvalue weighted by atomic mass is 9.86. The summed E-state index contributed by atoms with van der Waals surface area (Å²) in [7, 11) is 0. The van der Waals surface area contributed by atoms with E-state index in [0.29, 0.717) is 38.6 Å². The molecule has 0 aromatic heterocycles. The summed E-state index contributed by atoms with van der Waals surface area (Å²) in [6, 6.07) is 8.22. The van der Waals surface area contributed by atoms with Crippen molar-refractivity contribution in [3.8, 4) is 0 Å². The second-order valence-corrected chi connectivity index (χ2v) is 7.36. The van der Waals surface area contributed by atoms with Gasteiger partial charge in [-0.15, -0.1) is 0 Å². The summed E-state index contributed by atoms with van der Waals surface area (Å²) in [6.07, 6.45) is 5.07. The van der Waals surface area contributed by atoms with Gasteiger partial charge in [0.05, 0.1) is 12.0 Å². The standard InChI is InChI=1S/C20H28N2O4/c23-13-3-12-22(18-11-8-14-4-1-2-5-17(14)18)20(26)21-16-9-6-15(7-10-16)19(24)25/h1-2,4-5,15-16,18,23H,3,6-13H2,(H,21,26)(H,24,25). The number of carboxylic acid groups (broad SMARTS) is 1. The first-order valence-corrected chi connectivity index (χ1v) is 9.58. The monoisotopic (exact) mass is 360 g/mol. The van der Waals surface area contributed by atoms with Gasteiger partial charge in [0.25, 0.3) is 0 Å². The molecule has 0 radical (unpaired) electrons. The molecule has 1 saturated carbocycles. The zero-order chi connectivity index (χ0) is 18.5. The molecule has 6 nitrogen and oxygen atoms in total. The second-order valence-electron chi connectivity index (χ2n) is 7.36. The first kappa shape index (κ1) is 18.7. The van der Waals surface area contributed by atoms with Crippen LogP contribution in [0.3, 0.4) is 0 Å². The number of fused-ring (bicyclic) bond motifs is 1. The van der Waals surface area contributed by atoms with Gasteiger partial charge >= 0.3 is 12.0 Å². The molecule has 3 rings (SSSR count). The van der Waals surface area contributed by atoms with Gasteiger partial charge in [-0.2, -0.15) is 0 Å². The van der Waals surface area contributed by atoms with E-state index in [9.17, 15) is 14.7 Å². The molecule has 1 aromatic rings. The zero-order valence-electron chi connectivity index (χ0n) is 15.1. The first-order chi connectivity index (χ1) is 12.6. The topological polar surface area (TPSA) is 89.9 Å². The predicted octanol–water partition coefficient (Wildman–Crippen LogP) is 2.71. The van der Waals surface area contributed by atoms with Gasteiger partial charge in [0.1, 0.15) is 0 Å². The molecule has 142 valence electrons. The molecule has 26 heavy (non-hydrogen) atoms. The van der Waals surface area contributed by atoms with Crippen LogP contribution in [0.15, 0.2) is 24.3 Å². The summed E-state index contributed by atoms with van der Waals surface area (Å²) in [5.41, 5.74) is 2.50. The lowest BCUT2D eigenvalue weighted by Crippen LogP contribution is -2.47. The molecule has 0 heterocycles. The predicted molar refractivity (Wildman–Crippen MR) is 97.8 cm³/mol. The summed E-state index contributed by atoms with van der Waals surface area (Å²) in [5, 5.41) is 21.4. The average Bonchev–Trinajstić information content (AvgIpc) is 3.06. The molecular formula is C20H28N2O4. The van der Waals surface area contributed by atoms with Gasteiger partial charge in [-0.3, -0.25) is 4.79 Å². The van der Waals surface area contributed by atoms with E-state index >= 15 is 0 Å². The number of aliphatic hydroxyl groups is 1. The quantitative estimate of drug-likeness (QED) is 0.728. The van der Waals surface area contributed by atoms with E-state index in [-0.39, 0.29) is 30.6 Å². The summed E-state index contributed by atoms with van der Waals surface area (Å²) in [4.78, 5) is 25.9. The van der Waals surface area contributed by atoms with Crippen LogP contribution in [0.5, 0.6) is 0 Å². The Morgan fingerprint density at radius 2 is 1.85 bits per heavy atom. The highest BCUT2D eigenvalue weighted by Crippen LogP contribution is 2.36. The Morgan fingerprint density at radius 3 is 2.54 bits per heavy atom. The van der Waals surface area contributed by atoms with Crippen LogP contribution in [0, 0.1) is 5.92 Å². The molecular weight excluding hydrogens is 332 g/mol. The number of amides is 2. The molecule has 2 aliphatic carbocycles. The minimum atomic E-state index is -0.734. The summed E-state index contributed by atoms with van der Waals surface area (Å²) >= 11 is 0. The maximum atomic E-state index is 12.9. The summed E-state index contributed by atoms with van der Waals surface area (Å²) < 4.78 is 0. The van der Waals surface area contributed by atoms with Gasteiger partial charge in [0.15, 0.2) is 0 Å². The largest absolute Gasteiger partial charge is 0.481 e. The number of nitrogens with one attached hydrogen (secondary N) is 1. The van der Waals surface area contributed by atoms with Crippen LogP contribution in [0.4, 0.5) is 4.79 Å². The number of carboxylic acids is 1. The van der Waals surface area contributed by atoms with E-state index in [1.165, 1.54) is 11.1 Å². The second kappa shape index (κ2) is 8.54. The van der Waals surface area contributed by atoms with Crippen LogP contribution >= 0.6 is 0 Å². The van der Waals surface area contributed by atoms with Crippen molar-refractivity contribution >= 4 is 12.0 Å². The zero-order valence-corrected chi connectivity index (χ0v) is 15.1. The van der Waals surface area contributed by atoms with Crippen molar-refractivity contribution in [1.29, 1.82) is 0 Å². The van der Waals surface area contributed by atoms with Crippen molar-refractivity contribution in [2.24, 2.45) is 5.92 Å². The van der Waals surface area contributed by atoms with E-state index in [0.717, 1.165) is 12.8 Å². The van der Waals surface area contributed by atoms with E-state index in [1.54, 1.807) is 0 Å². The highest BCUT2D eigenvalue weighted by atomic mass is 16.4. The molecule has 1 unspecified atom stereocenters. The van der Waals surface area contributed by atoms with Crippen molar-refractivity contribution in [2.45, 2.75) is 57.0 Å². The van der Waals surface area contributed by atoms with Gasteiger partial charge < -0.3 is 20.4 Å². The van der Waals surface area contributed by atoms with Crippen LogP contribution in [0.2, 0.25) is 0 Å². The van der Waals surface area contributed by atoms with E-state index < -0.39 is 5.97 Å². The number of carbonyl (C=O) groups is 2. The molecule has 2 amide bonds. The SMILES string of the molecule is O=C(O)C1CCC(NC(=O)N(CCCO)C2CCc3ccccc32)CC1. The molecule has 0 aliphatic heterocycles. The third-order valence-corrected chi connectivity index (χ3v) is 5.70. The number of aliphatic hydroxyl groups excluding tert-OH is 1. The third-order valence-electron chi connectivity index (χ3n) is 5.70. The van der Waals surface area contributed by atoms with Crippen molar-refractivity contribution in [3.63, 3.8) is 0 Å². The number of aliphatic carboxylic acids is 1. The maximum Gasteiger partial charge on any atom is 0.318 e. The van der Waals surface area contributed by atoms with Crippen molar-refractivity contribution in [1.82, 2.24) is 10.2 Å². The lowest BCUT2D eigenvalue weighted by molar-refractivity contribution is -0.142. The summed E-state index contributed by atoms with van der Waals surface area (Å²) in [6.45, 7) is 0.577. The first-order valence-electron chi connectivity index (χ1n) is 9.58. The lowest BCUT2D eigenvalue weighted by Gasteiger charge is -2.33. The molecule has 0 saturated heterocycles. The number of hydrogen-bond acceptors (Lipinski definition) is 3. The van der Waals surface area contributed by atoms with E-state index in [2.05, 4.69) is 17.4 Å². The van der Waals surface area contributed by atoms with Crippen molar-refractivity contribution in [2.75, 3.05) is 13.2 Å². The van der Waals surface area contributed by atoms with Crippen molar-refractivity contribution < 1.29 is 19.8 Å². The smallest absolute Gasteiger partial charge is 0.318 e. The van der Waals surface area contributed by atoms with E-state index in [1.807, 2.05) is 17.0 Å². The number of rotatable bonds is 6. The fourth-order valence-corrected chi connectivity index (χ4v) is 4.24. The fraction of sp³-hybridized carbons (Fsp3) is 0.600. The minimum Gasteiger partial charge on any atom is -0.481 e. The number of hydrogen-bond donors (Lipinski definition) is 3. The highest BCUT2D eigenvalue weighted by Gasteiger charge is 2.33. The Hall–Kier alpha value is -2.08. The van der Waals surface area contributed by atoms with Gasteiger partial charge in [-0.05, 0) is 56.1 Å². The van der Waals surface area contributed by atoms with Gasteiger partial charge in [-0.25, -0.2) is 4.79 Å². The fourth-order valence-electron chi connectivity index (χ4n) is 4.24. The Balaban J connectivity index is 1.65. The number of nitrogens with zero attached hydrogens (tertiary/aromatic N) is 1. The normalized spacial score (nSPS) is 24.7. The van der Waals surface area contributed by atoms with Gasteiger partial charge in [0, 0.05) is 19.2 Å². The van der Waals surface area contributed by atoms with Crippen LogP contribution < -0.4 is 5.32 Å². The average molecular weight is 360 g/mol. The van der Waals surface area contributed by atoms with Gasteiger partial charge in [0.2, 0.25) is 0 Å². The molecule has 2 aliphatic rings. The third kappa shape index (κ3) is 4.18.